The van der Waals surface area contributed by atoms with Crippen LogP contribution in [0.25, 0.3) is 0 Å². The van der Waals surface area contributed by atoms with Gasteiger partial charge in [-0.2, -0.15) is 0 Å². The van der Waals surface area contributed by atoms with Crippen LogP contribution in [0.2, 0.25) is 0 Å². The maximum atomic E-state index is 5.91. The van der Waals surface area contributed by atoms with E-state index in [1.165, 1.54) is 5.69 Å². The molecule has 2 heterocycles. The van der Waals surface area contributed by atoms with Gasteiger partial charge in [0.2, 0.25) is 5.88 Å². The first-order chi connectivity index (χ1) is 9.85. The Labute approximate surface area is 123 Å². The van der Waals surface area contributed by atoms with Crippen molar-refractivity contribution in [3.63, 3.8) is 0 Å². The van der Waals surface area contributed by atoms with Crippen LogP contribution in [0.15, 0.2) is 30.6 Å². The SMILES string of the molecule is ClCc1ncc(C2CCC(Oc3ccccn3)CC2)[nH]1. The molecule has 0 amide bonds. The van der Waals surface area contributed by atoms with Crippen molar-refractivity contribution in [1.29, 1.82) is 0 Å². The molecule has 1 aliphatic carbocycles. The van der Waals surface area contributed by atoms with Crippen molar-refractivity contribution in [3.8, 4) is 5.88 Å². The molecule has 106 valence electrons. The lowest BCUT2D eigenvalue weighted by atomic mass is 9.85. The van der Waals surface area contributed by atoms with E-state index < -0.39 is 0 Å². The molecule has 1 saturated carbocycles. The summed E-state index contributed by atoms with van der Waals surface area (Å²) in [5.74, 6) is 2.57. The molecular formula is C15H18ClN3O. The number of pyridine rings is 1. The van der Waals surface area contributed by atoms with E-state index in [0.717, 1.165) is 37.4 Å². The highest BCUT2D eigenvalue weighted by molar-refractivity contribution is 6.16. The summed E-state index contributed by atoms with van der Waals surface area (Å²) in [4.78, 5) is 11.8. The average Bonchev–Trinajstić information content (AvgIpc) is 2.98. The zero-order chi connectivity index (χ0) is 13.8. The highest BCUT2D eigenvalue weighted by Gasteiger charge is 2.24. The molecule has 1 aliphatic rings. The quantitative estimate of drug-likeness (QED) is 0.875. The number of ether oxygens (including phenoxy) is 1. The minimum atomic E-state index is 0.275. The normalized spacial score (nSPS) is 22.6. The van der Waals surface area contributed by atoms with E-state index in [9.17, 15) is 0 Å². The Balaban J connectivity index is 1.54. The summed E-state index contributed by atoms with van der Waals surface area (Å²) in [7, 11) is 0. The largest absolute Gasteiger partial charge is 0.474 e. The molecule has 2 aromatic rings. The van der Waals surface area contributed by atoms with E-state index in [1.807, 2.05) is 24.4 Å². The third kappa shape index (κ3) is 3.12. The zero-order valence-electron chi connectivity index (χ0n) is 11.3. The van der Waals surface area contributed by atoms with E-state index in [-0.39, 0.29) is 6.10 Å². The van der Waals surface area contributed by atoms with Crippen LogP contribution in [0.4, 0.5) is 0 Å². The monoisotopic (exact) mass is 291 g/mol. The van der Waals surface area contributed by atoms with Gasteiger partial charge in [0.15, 0.2) is 0 Å². The van der Waals surface area contributed by atoms with Crippen LogP contribution < -0.4 is 4.74 Å². The summed E-state index contributed by atoms with van der Waals surface area (Å²) in [6.07, 6.45) is 8.29. The summed E-state index contributed by atoms with van der Waals surface area (Å²) in [6.45, 7) is 0. The van der Waals surface area contributed by atoms with Crippen LogP contribution in [0.1, 0.15) is 43.1 Å². The fourth-order valence-corrected chi connectivity index (χ4v) is 2.87. The zero-order valence-corrected chi connectivity index (χ0v) is 12.0. The molecule has 0 unspecified atom stereocenters. The van der Waals surface area contributed by atoms with Crippen LogP contribution in [0.5, 0.6) is 5.88 Å². The number of hydrogen-bond donors (Lipinski definition) is 1. The minimum Gasteiger partial charge on any atom is -0.474 e. The molecule has 3 rings (SSSR count). The van der Waals surface area contributed by atoms with Gasteiger partial charge in [0, 0.05) is 30.1 Å². The van der Waals surface area contributed by atoms with E-state index in [4.69, 9.17) is 16.3 Å². The van der Waals surface area contributed by atoms with E-state index in [1.54, 1.807) is 6.20 Å². The maximum Gasteiger partial charge on any atom is 0.213 e. The van der Waals surface area contributed by atoms with Crippen LogP contribution in [-0.2, 0) is 5.88 Å². The molecule has 4 nitrogen and oxygen atoms in total. The fourth-order valence-electron chi connectivity index (χ4n) is 2.73. The highest BCUT2D eigenvalue weighted by Crippen LogP contribution is 2.33. The molecule has 5 heteroatoms. The molecule has 0 bridgehead atoms. The summed E-state index contributed by atoms with van der Waals surface area (Å²) >= 11 is 5.77. The second kappa shape index (κ2) is 6.27. The molecule has 0 spiro atoms. The molecule has 0 atom stereocenters. The number of halogens is 1. The Kier molecular flexibility index (Phi) is 4.21. The lowest BCUT2D eigenvalue weighted by Gasteiger charge is -2.27. The molecule has 1 N–H and O–H groups in total. The molecule has 1 fully saturated rings. The molecular weight excluding hydrogens is 274 g/mol. The van der Waals surface area contributed by atoms with Crippen molar-refractivity contribution >= 4 is 11.6 Å². The van der Waals surface area contributed by atoms with Gasteiger partial charge in [-0.3, -0.25) is 0 Å². The minimum absolute atomic E-state index is 0.275. The van der Waals surface area contributed by atoms with Gasteiger partial charge in [-0.05, 0) is 31.7 Å². The molecule has 0 radical (unpaired) electrons. The molecule has 2 aromatic heterocycles. The van der Waals surface area contributed by atoms with Gasteiger partial charge >= 0.3 is 0 Å². The molecule has 0 aromatic carbocycles. The predicted octanol–water partition coefficient (Wildman–Crippen LogP) is 3.65. The van der Waals surface area contributed by atoms with Gasteiger partial charge in [0.25, 0.3) is 0 Å². The van der Waals surface area contributed by atoms with Crippen molar-refractivity contribution in [1.82, 2.24) is 15.0 Å². The van der Waals surface area contributed by atoms with E-state index in [2.05, 4.69) is 15.0 Å². The van der Waals surface area contributed by atoms with Crippen molar-refractivity contribution in [3.05, 3.63) is 42.1 Å². The Morgan fingerprint density at radius 1 is 1.20 bits per heavy atom. The number of H-pyrrole nitrogens is 1. The van der Waals surface area contributed by atoms with Gasteiger partial charge in [0.05, 0.1) is 5.88 Å². The Bertz CT molecular complexity index is 535. The molecule has 20 heavy (non-hydrogen) atoms. The van der Waals surface area contributed by atoms with Crippen LogP contribution >= 0.6 is 11.6 Å². The number of aromatic amines is 1. The summed E-state index contributed by atoms with van der Waals surface area (Å²) in [6, 6.07) is 5.76. The molecule has 0 aliphatic heterocycles. The van der Waals surface area contributed by atoms with E-state index >= 15 is 0 Å². The number of aromatic nitrogens is 3. The first-order valence-electron chi connectivity index (χ1n) is 7.02. The van der Waals surface area contributed by atoms with Crippen molar-refractivity contribution in [2.45, 2.75) is 43.6 Å². The number of hydrogen-bond acceptors (Lipinski definition) is 3. The van der Waals surface area contributed by atoms with Crippen LogP contribution in [0.3, 0.4) is 0 Å². The van der Waals surface area contributed by atoms with Gasteiger partial charge < -0.3 is 9.72 Å². The summed E-state index contributed by atoms with van der Waals surface area (Å²) in [5, 5.41) is 0. The average molecular weight is 292 g/mol. The summed E-state index contributed by atoms with van der Waals surface area (Å²) in [5.41, 5.74) is 1.21. The van der Waals surface area contributed by atoms with Crippen molar-refractivity contribution < 1.29 is 4.74 Å². The van der Waals surface area contributed by atoms with Gasteiger partial charge in [0.1, 0.15) is 11.9 Å². The summed E-state index contributed by atoms with van der Waals surface area (Å²) < 4.78 is 5.91. The Morgan fingerprint density at radius 2 is 2.05 bits per heavy atom. The lowest BCUT2D eigenvalue weighted by molar-refractivity contribution is 0.140. The topological polar surface area (TPSA) is 50.8 Å². The highest BCUT2D eigenvalue weighted by atomic mass is 35.5. The number of nitrogens with one attached hydrogen (secondary N) is 1. The third-order valence-corrected chi connectivity index (χ3v) is 4.07. The fraction of sp³-hybridized carbons (Fsp3) is 0.467. The first kappa shape index (κ1) is 13.4. The van der Waals surface area contributed by atoms with Gasteiger partial charge in [-0.25, -0.2) is 9.97 Å². The van der Waals surface area contributed by atoms with Crippen LogP contribution in [0, 0.1) is 0 Å². The predicted molar refractivity (Wildman–Crippen MR) is 78.0 cm³/mol. The standard InChI is InChI=1S/C15H18ClN3O/c16-9-14-18-10-13(19-14)11-4-6-12(7-5-11)20-15-3-1-2-8-17-15/h1-3,8,10-12H,4-7,9H2,(H,18,19). The maximum absolute atomic E-state index is 5.91. The van der Waals surface area contributed by atoms with Crippen molar-refractivity contribution in [2.24, 2.45) is 0 Å². The number of imidazole rings is 1. The van der Waals surface area contributed by atoms with Crippen LogP contribution in [-0.4, -0.2) is 21.1 Å². The number of alkyl halides is 1. The third-order valence-electron chi connectivity index (χ3n) is 3.81. The lowest BCUT2D eigenvalue weighted by Crippen LogP contribution is -2.23. The smallest absolute Gasteiger partial charge is 0.213 e. The number of rotatable bonds is 4. The Hall–Kier alpha value is -1.55. The number of nitrogens with zero attached hydrogens (tertiary/aromatic N) is 2. The van der Waals surface area contributed by atoms with E-state index in [0.29, 0.717) is 11.8 Å². The second-order valence-electron chi connectivity index (χ2n) is 5.18. The van der Waals surface area contributed by atoms with Gasteiger partial charge in [-0.1, -0.05) is 6.07 Å². The van der Waals surface area contributed by atoms with Crippen molar-refractivity contribution in [2.75, 3.05) is 0 Å². The molecule has 0 saturated heterocycles. The van der Waals surface area contributed by atoms with Gasteiger partial charge in [-0.15, -0.1) is 11.6 Å². The first-order valence-corrected chi connectivity index (χ1v) is 7.56. The Morgan fingerprint density at radius 3 is 2.70 bits per heavy atom. The second-order valence-corrected chi connectivity index (χ2v) is 5.45.